The minimum atomic E-state index is -0.0362. The second-order valence-corrected chi connectivity index (χ2v) is 5.81. The highest BCUT2D eigenvalue weighted by Gasteiger charge is 2.12. The van der Waals surface area contributed by atoms with E-state index in [0.29, 0.717) is 12.2 Å². The van der Waals surface area contributed by atoms with Crippen LogP contribution in [0.15, 0.2) is 59.7 Å². The van der Waals surface area contributed by atoms with Crippen LogP contribution in [0.5, 0.6) is 0 Å². The zero-order chi connectivity index (χ0) is 16.7. The number of aryl methyl sites for hydroxylation is 2. The van der Waals surface area contributed by atoms with Crippen LogP contribution in [-0.2, 0) is 13.6 Å². The van der Waals surface area contributed by atoms with Crippen molar-refractivity contribution in [3.8, 4) is 0 Å². The number of benzene rings is 1. The minimum Gasteiger partial charge on any atom is -0.349 e. The largest absolute Gasteiger partial charge is 0.349 e. The Bertz CT molecular complexity index is 1110. The Morgan fingerprint density at radius 1 is 1.08 bits per heavy atom. The number of nitrogens with zero attached hydrogens (tertiary/aromatic N) is 3. The summed E-state index contributed by atoms with van der Waals surface area (Å²) < 4.78 is 3.80. The predicted octanol–water partition coefficient (Wildman–Crippen LogP) is 3.65. The van der Waals surface area contributed by atoms with Crippen LogP contribution in [-0.4, -0.2) is 14.1 Å². The van der Waals surface area contributed by atoms with E-state index in [2.05, 4.69) is 27.0 Å². The fourth-order valence-electron chi connectivity index (χ4n) is 3.19. The lowest BCUT2D eigenvalue weighted by Gasteiger charge is -2.11. The summed E-state index contributed by atoms with van der Waals surface area (Å²) in [4.78, 5) is 17.2. The molecule has 3 heterocycles. The topological polar surface area (TPSA) is 51.9 Å². The molecule has 0 saturated carbocycles. The molecule has 1 aromatic carbocycles. The molecule has 1 N–H and O–H groups in total. The zero-order valence-corrected chi connectivity index (χ0v) is 13.7. The third-order valence-electron chi connectivity index (χ3n) is 4.35. The molecule has 0 saturated heterocycles. The molecule has 0 unspecified atom stereocenters. The van der Waals surface area contributed by atoms with E-state index >= 15 is 0 Å². The number of hydrogen-bond acceptors (Lipinski definition) is 3. The lowest BCUT2D eigenvalue weighted by molar-refractivity contribution is 0.760. The molecule has 0 spiro atoms. The molecule has 24 heavy (non-hydrogen) atoms. The number of pyridine rings is 2. The summed E-state index contributed by atoms with van der Waals surface area (Å²) >= 11 is 0. The molecule has 0 aliphatic carbocycles. The van der Waals surface area contributed by atoms with E-state index in [4.69, 9.17) is 0 Å². The molecule has 0 atom stereocenters. The van der Waals surface area contributed by atoms with Crippen molar-refractivity contribution < 1.29 is 0 Å². The molecular weight excluding hydrogens is 300 g/mol. The average molecular weight is 318 g/mol. The number of para-hydroxylation sites is 1. The predicted molar refractivity (Wildman–Crippen MR) is 97.9 cm³/mol. The standard InChI is InChI=1S/C19H18N4O/c1-3-23-18-9-6-10-20-14(18)11-15(19(23)24)21-16-12-22(2)17-8-5-4-7-13(16)17/h4-12,21H,3H2,1-2H3. The Hall–Kier alpha value is -3.08. The van der Waals surface area contributed by atoms with Crippen LogP contribution in [0, 0.1) is 0 Å². The first kappa shape index (κ1) is 14.5. The number of rotatable bonds is 3. The summed E-state index contributed by atoms with van der Waals surface area (Å²) in [6.07, 6.45) is 3.75. The van der Waals surface area contributed by atoms with E-state index in [0.717, 1.165) is 27.6 Å². The highest BCUT2D eigenvalue weighted by molar-refractivity contribution is 5.95. The van der Waals surface area contributed by atoms with Crippen molar-refractivity contribution in [1.82, 2.24) is 14.1 Å². The van der Waals surface area contributed by atoms with Gasteiger partial charge in [0, 0.05) is 36.9 Å². The molecule has 120 valence electrons. The Labute approximate surface area is 139 Å². The van der Waals surface area contributed by atoms with Gasteiger partial charge in [0.1, 0.15) is 5.69 Å². The normalized spacial score (nSPS) is 11.2. The van der Waals surface area contributed by atoms with Crippen molar-refractivity contribution in [1.29, 1.82) is 0 Å². The van der Waals surface area contributed by atoms with Crippen molar-refractivity contribution in [3.63, 3.8) is 0 Å². The van der Waals surface area contributed by atoms with Gasteiger partial charge >= 0.3 is 0 Å². The second-order valence-electron chi connectivity index (χ2n) is 5.81. The molecule has 4 aromatic rings. The molecule has 0 bridgehead atoms. The molecule has 5 heteroatoms. The Morgan fingerprint density at radius 3 is 2.71 bits per heavy atom. The summed E-state index contributed by atoms with van der Waals surface area (Å²) in [5, 5.41) is 4.40. The number of nitrogens with one attached hydrogen (secondary N) is 1. The summed E-state index contributed by atoms with van der Waals surface area (Å²) in [6.45, 7) is 2.57. The highest BCUT2D eigenvalue weighted by atomic mass is 16.1. The number of fused-ring (bicyclic) bond motifs is 2. The van der Waals surface area contributed by atoms with Gasteiger partial charge in [-0.2, -0.15) is 0 Å². The molecule has 3 aromatic heterocycles. The van der Waals surface area contributed by atoms with Gasteiger partial charge in [0.15, 0.2) is 0 Å². The second kappa shape index (κ2) is 5.53. The van der Waals surface area contributed by atoms with Gasteiger partial charge in [0.25, 0.3) is 5.56 Å². The minimum absolute atomic E-state index is 0.0362. The molecule has 0 radical (unpaired) electrons. The van der Waals surface area contributed by atoms with Crippen LogP contribution < -0.4 is 10.9 Å². The van der Waals surface area contributed by atoms with E-state index < -0.39 is 0 Å². The van der Waals surface area contributed by atoms with Crippen LogP contribution >= 0.6 is 0 Å². The maximum atomic E-state index is 12.8. The number of anilines is 2. The van der Waals surface area contributed by atoms with Gasteiger partial charge in [-0.3, -0.25) is 9.78 Å². The quantitative estimate of drug-likeness (QED) is 0.627. The van der Waals surface area contributed by atoms with E-state index in [-0.39, 0.29) is 5.56 Å². The van der Waals surface area contributed by atoms with Crippen molar-refractivity contribution in [2.24, 2.45) is 7.05 Å². The highest BCUT2D eigenvalue weighted by Crippen LogP contribution is 2.27. The zero-order valence-electron chi connectivity index (χ0n) is 13.7. The molecule has 0 aliphatic rings. The van der Waals surface area contributed by atoms with Crippen LogP contribution in [0.4, 0.5) is 11.4 Å². The van der Waals surface area contributed by atoms with Crippen molar-refractivity contribution in [3.05, 3.63) is 65.2 Å². The lowest BCUT2D eigenvalue weighted by atomic mass is 10.2. The molecule has 0 amide bonds. The van der Waals surface area contributed by atoms with E-state index in [1.165, 1.54) is 0 Å². The monoisotopic (exact) mass is 318 g/mol. The number of aromatic nitrogens is 3. The Balaban J connectivity index is 1.90. The third-order valence-corrected chi connectivity index (χ3v) is 4.35. The van der Waals surface area contributed by atoms with Gasteiger partial charge in [-0.25, -0.2) is 0 Å². The fraction of sp³-hybridized carbons (Fsp3) is 0.158. The van der Waals surface area contributed by atoms with Gasteiger partial charge in [-0.1, -0.05) is 18.2 Å². The summed E-state index contributed by atoms with van der Waals surface area (Å²) in [5.41, 5.74) is 4.21. The summed E-state index contributed by atoms with van der Waals surface area (Å²) in [5.74, 6) is 0. The Morgan fingerprint density at radius 2 is 1.88 bits per heavy atom. The first-order chi connectivity index (χ1) is 11.7. The van der Waals surface area contributed by atoms with Crippen molar-refractivity contribution in [2.75, 3.05) is 5.32 Å². The van der Waals surface area contributed by atoms with Gasteiger partial charge in [-0.15, -0.1) is 0 Å². The lowest BCUT2D eigenvalue weighted by Crippen LogP contribution is -2.22. The van der Waals surface area contributed by atoms with Gasteiger partial charge in [0.05, 0.1) is 16.7 Å². The fourth-order valence-corrected chi connectivity index (χ4v) is 3.19. The van der Waals surface area contributed by atoms with Crippen molar-refractivity contribution in [2.45, 2.75) is 13.5 Å². The molecule has 0 aliphatic heterocycles. The summed E-state index contributed by atoms with van der Waals surface area (Å²) in [7, 11) is 2.00. The summed E-state index contributed by atoms with van der Waals surface area (Å²) in [6, 6.07) is 13.7. The van der Waals surface area contributed by atoms with E-state index in [1.54, 1.807) is 10.8 Å². The Kier molecular flexibility index (Phi) is 3.34. The maximum Gasteiger partial charge on any atom is 0.274 e. The van der Waals surface area contributed by atoms with Crippen LogP contribution in [0.3, 0.4) is 0 Å². The average Bonchev–Trinajstić information content (AvgIpc) is 2.92. The molecule has 0 fully saturated rings. The van der Waals surface area contributed by atoms with Gasteiger partial charge in [-0.05, 0) is 31.2 Å². The smallest absolute Gasteiger partial charge is 0.274 e. The van der Waals surface area contributed by atoms with Crippen LogP contribution in [0.25, 0.3) is 21.9 Å². The van der Waals surface area contributed by atoms with Crippen LogP contribution in [0.2, 0.25) is 0 Å². The van der Waals surface area contributed by atoms with Gasteiger partial charge in [0.2, 0.25) is 0 Å². The number of hydrogen-bond donors (Lipinski definition) is 1. The van der Waals surface area contributed by atoms with Crippen LogP contribution in [0.1, 0.15) is 6.92 Å². The molecule has 5 nitrogen and oxygen atoms in total. The first-order valence-corrected chi connectivity index (χ1v) is 7.98. The van der Waals surface area contributed by atoms with E-state index in [9.17, 15) is 4.79 Å². The maximum absolute atomic E-state index is 12.8. The molecular formula is C19H18N4O. The van der Waals surface area contributed by atoms with E-state index in [1.807, 2.05) is 50.5 Å². The first-order valence-electron chi connectivity index (χ1n) is 7.98. The molecule has 4 rings (SSSR count). The third kappa shape index (κ3) is 2.17. The van der Waals surface area contributed by atoms with Gasteiger partial charge < -0.3 is 14.5 Å². The van der Waals surface area contributed by atoms with Crippen molar-refractivity contribution >= 4 is 33.3 Å². The SMILES string of the molecule is CCn1c(=O)c(Nc2cn(C)c3ccccc23)cc2ncccc21.